The van der Waals surface area contributed by atoms with Crippen LogP contribution < -0.4 is 10.1 Å². The maximum Gasteiger partial charge on any atom is 0.119 e. The second-order valence-corrected chi connectivity index (χ2v) is 7.78. The molecular formula is C16H18BrNOS. The van der Waals surface area contributed by atoms with Crippen molar-refractivity contribution in [3.05, 3.63) is 50.6 Å². The maximum absolute atomic E-state index is 5.29. The van der Waals surface area contributed by atoms with Gasteiger partial charge in [0.25, 0.3) is 0 Å². The zero-order chi connectivity index (χ0) is 13.9. The van der Waals surface area contributed by atoms with E-state index < -0.39 is 0 Å². The van der Waals surface area contributed by atoms with Crippen molar-refractivity contribution in [3.63, 3.8) is 0 Å². The van der Waals surface area contributed by atoms with Crippen molar-refractivity contribution in [1.29, 1.82) is 0 Å². The molecule has 1 aromatic carbocycles. The fourth-order valence-electron chi connectivity index (χ4n) is 2.64. The van der Waals surface area contributed by atoms with Crippen LogP contribution >= 0.6 is 27.3 Å². The molecule has 1 fully saturated rings. The minimum atomic E-state index is 0.645. The molecule has 0 unspecified atom stereocenters. The Morgan fingerprint density at radius 1 is 1.30 bits per heavy atom. The van der Waals surface area contributed by atoms with Crippen LogP contribution in [0.25, 0.3) is 0 Å². The summed E-state index contributed by atoms with van der Waals surface area (Å²) in [6.07, 6.45) is 2.44. The van der Waals surface area contributed by atoms with E-state index in [1.807, 2.05) is 6.07 Å². The number of methoxy groups -OCH3 is 1. The molecule has 1 heterocycles. The number of hydrogen-bond acceptors (Lipinski definition) is 3. The Kier molecular flexibility index (Phi) is 4.44. The molecule has 1 aliphatic carbocycles. The SMILES string of the molecule is COc1cccc(C2CC(NCc3ccc(Br)s3)C2)c1. The second kappa shape index (κ2) is 6.29. The van der Waals surface area contributed by atoms with Crippen LogP contribution in [0.3, 0.4) is 0 Å². The van der Waals surface area contributed by atoms with Crippen molar-refractivity contribution in [3.8, 4) is 5.75 Å². The summed E-state index contributed by atoms with van der Waals surface area (Å²) >= 11 is 5.31. The highest BCUT2D eigenvalue weighted by Gasteiger charge is 2.29. The first-order valence-electron chi connectivity index (χ1n) is 6.86. The van der Waals surface area contributed by atoms with Crippen molar-refractivity contribution in [2.24, 2.45) is 0 Å². The summed E-state index contributed by atoms with van der Waals surface area (Å²) in [6.45, 7) is 0.978. The number of nitrogens with one attached hydrogen (secondary N) is 1. The summed E-state index contributed by atoms with van der Waals surface area (Å²) < 4.78 is 6.50. The first-order chi connectivity index (χ1) is 9.74. The van der Waals surface area contributed by atoms with E-state index in [4.69, 9.17) is 4.74 Å². The minimum absolute atomic E-state index is 0.645. The predicted molar refractivity (Wildman–Crippen MR) is 87.6 cm³/mol. The molecule has 0 saturated heterocycles. The third kappa shape index (κ3) is 3.25. The Labute approximate surface area is 132 Å². The number of hydrogen-bond donors (Lipinski definition) is 1. The number of ether oxygens (including phenoxy) is 1. The molecule has 1 N–H and O–H groups in total. The number of rotatable bonds is 5. The number of thiophene rings is 1. The fraction of sp³-hybridized carbons (Fsp3) is 0.375. The van der Waals surface area contributed by atoms with Gasteiger partial charge in [0, 0.05) is 17.5 Å². The molecule has 0 aliphatic heterocycles. The third-order valence-corrected chi connectivity index (χ3v) is 5.52. The molecule has 106 valence electrons. The smallest absolute Gasteiger partial charge is 0.119 e. The standard InChI is InChI=1S/C16H18BrNOS/c1-19-14-4-2-3-11(9-14)12-7-13(8-12)18-10-15-5-6-16(17)20-15/h2-6,9,12-13,18H,7-8,10H2,1H3. The molecule has 1 aliphatic rings. The van der Waals surface area contributed by atoms with E-state index in [-0.39, 0.29) is 0 Å². The van der Waals surface area contributed by atoms with E-state index in [1.165, 1.54) is 27.1 Å². The zero-order valence-electron chi connectivity index (χ0n) is 11.4. The summed E-state index contributed by atoms with van der Waals surface area (Å²) in [7, 11) is 1.73. The van der Waals surface area contributed by atoms with Gasteiger partial charge in [-0.3, -0.25) is 0 Å². The molecule has 3 rings (SSSR count). The number of halogens is 1. The Morgan fingerprint density at radius 2 is 2.15 bits per heavy atom. The van der Waals surface area contributed by atoms with Crippen LogP contribution in [0.5, 0.6) is 5.75 Å². The lowest BCUT2D eigenvalue weighted by Gasteiger charge is -2.36. The van der Waals surface area contributed by atoms with Crippen molar-refractivity contribution < 1.29 is 4.74 Å². The highest BCUT2D eigenvalue weighted by molar-refractivity contribution is 9.11. The molecule has 1 aromatic heterocycles. The Bertz CT molecular complexity index is 577. The van der Waals surface area contributed by atoms with Crippen LogP contribution in [-0.2, 0) is 6.54 Å². The zero-order valence-corrected chi connectivity index (χ0v) is 13.8. The lowest BCUT2D eigenvalue weighted by molar-refractivity contribution is 0.289. The topological polar surface area (TPSA) is 21.3 Å². The Morgan fingerprint density at radius 3 is 2.85 bits per heavy atom. The van der Waals surface area contributed by atoms with Crippen molar-refractivity contribution in [1.82, 2.24) is 5.32 Å². The average Bonchev–Trinajstić information content (AvgIpc) is 2.83. The lowest BCUT2D eigenvalue weighted by atomic mass is 9.76. The average molecular weight is 352 g/mol. The highest BCUT2D eigenvalue weighted by Crippen LogP contribution is 2.38. The molecule has 4 heteroatoms. The van der Waals surface area contributed by atoms with Gasteiger partial charge in [0.05, 0.1) is 10.9 Å². The van der Waals surface area contributed by atoms with Crippen LogP contribution in [0.2, 0.25) is 0 Å². The molecule has 0 atom stereocenters. The molecule has 0 amide bonds. The summed E-state index contributed by atoms with van der Waals surface area (Å²) in [6, 6.07) is 13.4. The molecule has 1 saturated carbocycles. The van der Waals surface area contributed by atoms with E-state index in [0.717, 1.165) is 12.3 Å². The Balaban J connectivity index is 1.48. The Hall–Kier alpha value is -0.840. The van der Waals surface area contributed by atoms with Crippen LogP contribution in [0.4, 0.5) is 0 Å². The quantitative estimate of drug-likeness (QED) is 0.852. The summed E-state index contributed by atoms with van der Waals surface area (Å²) in [4.78, 5) is 1.39. The minimum Gasteiger partial charge on any atom is -0.497 e. The first kappa shape index (κ1) is 14.1. The lowest BCUT2D eigenvalue weighted by Crippen LogP contribution is -2.39. The second-order valence-electron chi connectivity index (χ2n) is 5.23. The molecular weight excluding hydrogens is 334 g/mol. The summed E-state index contributed by atoms with van der Waals surface area (Å²) in [5, 5.41) is 3.64. The van der Waals surface area contributed by atoms with Gasteiger partial charge >= 0.3 is 0 Å². The van der Waals surface area contributed by atoms with Crippen LogP contribution in [0.1, 0.15) is 29.2 Å². The van der Waals surface area contributed by atoms with Gasteiger partial charge < -0.3 is 10.1 Å². The van der Waals surface area contributed by atoms with Gasteiger partial charge in [-0.1, -0.05) is 12.1 Å². The van der Waals surface area contributed by atoms with E-state index in [2.05, 4.69) is 51.6 Å². The van der Waals surface area contributed by atoms with Gasteiger partial charge in [0.2, 0.25) is 0 Å². The summed E-state index contributed by atoms with van der Waals surface area (Å²) in [5.41, 5.74) is 1.40. The van der Waals surface area contributed by atoms with Gasteiger partial charge in [0.1, 0.15) is 5.75 Å². The van der Waals surface area contributed by atoms with Crippen molar-refractivity contribution in [2.45, 2.75) is 31.3 Å². The fourth-order valence-corrected chi connectivity index (χ4v) is 4.08. The third-order valence-electron chi connectivity index (χ3n) is 3.90. The van der Waals surface area contributed by atoms with Crippen molar-refractivity contribution >= 4 is 27.3 Å². The summed E-state index contributed by atoms with van der Waals surface area (Å²) in [5.74, 6) is 1.64. The van der Waals surface area contributed by atoms with E-state index in [9.17, 15) is 0 Å². The van der Waals surface area contributed by atoms with Crippen molar-refractivity contribution in [2.75, 3.05) is 7.11 Å². The van der Waals surface area contributed by atoms with Gasteiger partial charge in [0.15, 0.2) is 0 Å². The molecule has 0 radical (unpaired) electrons. The van der Waals surface area contributed by atoms with Crippen LogP contribution in [0, 0.1) is 0 Å². The van der Waals surface area contributed by atoms with Gasteiger partial charge in [-0.2, -0.15) is 0 Å². The molecule has 2 nitrogen and oxygen atoms in total. The van der Waals surface area contributed by atoms with E-state index in [0.29, 0.717) is 12.0 Å². The monoisotopic (exact) mass is 351 g/mol. The van der Waals surface area contributed by atoms with Crippen LogP contribution in [-0.4, -0.2) is 13.2 Å². The molecule has 20 heavy (non-hydrogen) atoms. The largest absolute Gasteiger partial charge is 0.497 e. The van der Waals surface area contributed by atoms with E-state index in [1.54, 1.807) is 18.4 Å². The van der Waals surface area contributed by atoms with Gasteiger partial charge in [-0.05, 0) is 64.5 Å². The molecule has 0 bridgehead atoms. The predicted octanol–water partition coefficient (Wildman–Crippen LogP) is 4.56. The normalized spacial score (nSPS) is 21.5. The maximum atomic E-state index is 5.29. The van der Waals surface area contributed by atoms with E-state index >= 15 is 0 Å². The first-order valence-corrected chi connectivity index (χ1v) is 8.47. The van der Waals surface area contributed by atoms with Gasteiger partial charge in [-0.15, -0.1) is 11.3 Å². The molecule has 0 spiro atoms. The molecule has 2 aromatic rings. The van der Waals surface area contributed by atoms with Gasteiger partial charge in [-0.25, -0.2) is 0 Å². The van der Waals surface area contributed by atoms with Crippen LogP contribution in [0.15, 0.2) is 40.2 Å². The highest BCUT2D eigenvalue weighted by atomic mass is 79.9. The number of benzene rings is 1.